The third-order valence-corrected chi connectivity index (χ3v) is 17.2. The fourth-order valence-corrected chi connectivity index (χ4v) is 11.8. The van der Waals surface area contributed by atoms with Gasteiger partial charge in [-0.2, -0.15) is 0 Å². The number of phenols is 1. The van der Waals surface area contributed by atoms with Gasteiger partial charge in [0.2, 0.25) is 53.2 Å². The van der Waals surface area contributed by atoms with Crippen molar-refractivity contribution in [1.29, 1.82) is 0 Å². The molecular formula is C57H78N14O11S2. The van der Waals surface area contributed by atoms with Crippen LogP contribution in [0.5, 0.6) is 5.75 Å². The Labute approximate surface area is 495 Å². The van der Waals surface area contributed by atoms with Crippen molar-refractivity contribution in [2.24, 2.45) is 33.7 Å². The average Bonchev–Trinajstić information content (AvgIpc) is 3.58. The number of aliphatic hydroxyl groups excluding tert-OH is 1. The molecule has 1 aliphatic heterocycles. The fraction of sp³-hybridized carbons (Fsp3) is 0.439. The van der Waals surface area contributed by atoms with Crippen LogP contribution in [0.15, 0.2) is 102 Å². The number of rotatable bonds is 22. The number of primary amides is 1. The van der Waals surface area contributed by atoms with Gasteiger partial charge in [0.25, 0.3) is 0 Å². The van der Waals surface area contributed by atoms with E-state index in [1.165, 1.54) is 12.1 Å². The molecule has 1 saturated heterocycles. The van der Waals surface area contributed by atoms with Gasteiger partial charge in [-0.1, -0.05) is 113 Å². The lowest BCUT2D eigenvalue weighted by Gasteiger charge is -2.35. The molecule has 0 spiro atoms. The Morgan fingerprint density at radius 2 is 1.40 bits per heavy atom. The van der Waals surface area contributed by atoms with Crippen LogP contribution in [0.1, 0.15) is 75.5 Å². The predicted molar refractivity (Wildman–Crippen MR) is 322 cm³/mol. The van der Waals surface area contributed by atoms with Crippen molar-refractivity contribution >= 4 is 91.5 Å². The summed E-state index contributed by atoms with van der Waals surface area (Å²) in [4.78, 5) is 131. The van der Waals surface area contributed by atoms with Gasteiger partial charge >= 0.3 is 0 Å². The van der Waals surface area contributed by atoms with Crippen LogP contribution in [-0.2, 0) is 56.0 Å². The normalized spacial score (nSPS) is 20.6. The first-order valence-corrected chi connectivity index (χ1v) is 29.7. The van der Waals surface area contributed by atoms with E-state index in [4.69, 9.17) is 28.7 Å². The molecule has 1 aliphatic rings. The Morgan fingerprint density at radius 3 is 2.07 bits per heavy atom. The van der Waals surface area contributed by atoms with Crippen LogP contribution in [-0.4, -0.2) is 154 Å². The van der Waals surface area contributed by atoms with Crippen LogP contribution < -0.4 is 71.2 Å². The van der Waals surface area contributed by atoms with Crippen LogP contribution in [0, 0.1) is 0 Å². The Kier molecular flexibility index (Phi) is 26.1. The van der Waals surface area contributed by atoms with E-state index in [2.05, 4.69) is 47.5 Å². The zero-order valence-corrected chi connectivity index (χ0v) is 48.8. The lowest BCUT2D eigenvalue weighted by atomic mass is 9.90. The SMILES string of the molecule is C[C@H](c1ccc2ccccc2c1)[C@H]1NC(=O)[C@H](NC(=O)[C@@H](N)Cc2ccc(O)cc2)C(C)(C)SSC[C@H](C(=O)N[C@@H](CCCCN)C(=O)N[C@@H](CCCN=C(N)N)C(N)=O)NC(=O)[C@@H](Cc2ccccc2)NC(=O)[C@H](CO)NC(=O)CNC1=O. The van der Waals surface area contributed by atoms with E-state index in [0.29, 0.717) is 29.5 Å². The summed E-state index contributed by atoms with van der Waals surface area (Å²) in [7, 11) is 2.02. The minimum absolute atomic E-state index is 0.00723. The minimum atomic E-state index is -1.67. The van der Waals surface area contributed by atoms with Gasteiger partial charge < -0.3 is 81.4 Å². The van der Waals surface area contributed by atoms with E-state index in [1.54, 1.807) is 69.3 Å². The lowest BCUT2D eigenvalue weighted by molar-refractivity contribution is -0.135. The van der Waals surface area contributed by atoms with Crippen molar-refractivity contribution in [3.05, 3.63) is 114 Å². The van der Waals surface area contributed by atoms with E-state index in [0.717, 1.165) is 32.4 Å². The summed E-state index contributed by atoms with van der Waals surface area (Å²) in [5, 5.41) is 43.3. The molecule has 84 heavy (non-hydrogen) atoms. The van der Waals surface area contributed by atoms with Crippen molar-refractivity contribution in [3.8, 4) is 5.75 Å². The number of hydrogen-bond donors (Lipinski definition) is 15. The molecule has 454 valence electrons. The summed E-state index contributed by atoms with van der Waals surface area (Å²) in [6.07, 6.45) is 0.919. The zero-order chi connectivity index (χ0) is 61.5. The maximum absolute atomic E-state index is 15.1. The molecule has 27 heteroatoms. The standard InChI is InChI=1S/C57H78N14O11S2/c1-32(36-21-20-35-14-7-8-15-37(35)28-36)46-54(81)64-29-45(74)65-43(30-72)52(79)68-42(27-33-12-5-4-6-13-33)51(78)69-44(53(80)67-41(16-9-10-24-58)50(77)66-40(48(60)75)17-11-25-63-56(61)62)31-83-84-57(2,3)47(55(82)70-46)71-49(76)39(59)26-34-18-22-38(73)23-19-34/h4-8,12-15,18-23,28,32,39-44,46-47,72-73H,9-11,16-17,24-27,29-31,58-59H2,1-3H3,(H2,60,75)(H,64,81)(H,65,74)(H,66,77)(H,67,80)(H,68,79)(H,69,78)(H,70,82)(H,71,76)(H4,61,62,63)/t32-,39+,40+,41+,42-,43+,44-,46-,47+/m1/s1. The number of benzene rings is 4. The number of aliphatic hydroxyl groups is 1. The third kappa shape index (κ3) is 20.7. The lowest BCUT2D eigenvalue weighted by Crippen LogP contribution is -2.62. The number of amides is 9. The Hall–Kier alpha value is -7.98. The maximum atomic E-state index is 15.1. The highest BCUT2D eigenvalue weighted by Gasteiger charge is 2.42. The first-order valence-electron chi connectivity index (χ1n) is 27.4. The van der Waals surface area contributed by atoms with Gasteiger partial charge in [0.1, 0.15) is 48.0 Å². The molecule has 0 unspecified atom stereocenters. The van der Waals surface area contributed by atoms with Crippen molar-refractivity contribution in [2.75, 3.05) is 32.0 Å². The number of aliphatic imine (C=N–C) groups is 1. The second-order valence-corrected chi connectivity index (χ2v) is 23.9. The number of phenolic OH excluding ortho intramolecular Hbond substituents is 1. The van der Waals surface area contributed by atoms with E-state index in [-0.39, 0.29) is 62.7 Å². The molecule has 0 saturated carbocycles. The second-order valence-electron chi connectivity index (χ2n) is 20.9. The van der Waals surface area contributed by atoms with Crippen LogP contribution >= 0.6 is 21.6 Å². The number of nitrogens with one attached hydrogen (secondary N) is 8. The number of carbonyl (C=O) groups excluding carboxylic acids is 9. The average molecular weight is 1200 g/mol. The van der Waals surface area contributed by atoms with Gasteiger partial charge in [-0.05, 0) is 98.5 Å². The quantitative estimate of drug-likeness (QED) is 0.0190. The Balaban J connectivity index is 1.57. The summed E-state index contributed by atoms with van der Waals surface area (Å²) in [5.74, 6) is -9.11. The fourth-order valence-electron chi connectivity index (χ4n) is 9.02. The molecule has 0 bridgehead atoms. The number of nitrogens with two attached hydrogens (primary N) is 5. The smallest absolute Gasteiger partial charge is 0.245 e. The van der Waals surface area contributed by atoms with Gasteiger partial charge in [-0.25, -0.2) is 0 Å². The number of aromatic hydroxyl groups is 1. The molecule has 4 aromatic carbocycles. The molecule has 9 atom stereocenters. The van der Waals surface area contributed by atoms with E-state index < -0.39 is 125 Å². The topological polar surface area (TPSA) is 433 Å². The highest BCUT2D eigenvalue weighted by molar-refractivity contribution is 8.77. The minimum Gasteiger partial charge on any atom is -0.508 e. The van der Waals surface area contributed by atoms with Crippen LogP contribution in [0.2, 0.25) is 0 Å². The zero-order valence-electron chi connectivity index (χ0n) is 47.1. The van der Waals surface area contributed by atoms with E-state index in [1.807, 2.05) is 36.4 Å². The largest absolute Gasteiger partial charge is 0.508 e. The summed E-state index contributed by atoms with van der Waals surface area (Å²) < 4.78 is -1.37. The summed E-state index contributed by atoms with van der Waals surface area (Å²) in [6, 6.07) is 16.2. The molecular weight excluding hydrogens is 1120 g/mol. The van der Waals surface area contributed by atoms with Gasteiger partial charge in [-0.15, -0.1) is 0 Å². The summed E-state index contributed by atoms with van der Waals surface area (Å²) in [5.41, 5.74) is 30.6. The van der Waals surface area contributed by atoms with E-state index >= 15 is 4.79 Å². The van der Waals surface area contributed by atoms with Crippen LogP contribution in [0.25, 0.3) is 10.8 Å². The molecule has 0 aromatic heterocycles. The van der Waals surface area contributed by atoms with Gasteiger partial charge in [0.05, 0.1) is 19.2 Å². The summed E-state index contributed by atoms with van der Waals surface area (Å²) >= 11 is 0. The molecule has 20 N–H and O–H groups in total. The first-order chi connectivity index (χ1) is 40.0. The molecule has 5 rings (SSSR count). The predicted octanol–water partition coefficient (Wildman–Crippen LogP) is -1.19. The molecule has 25 nitrogen and oxygen atoms in total. The van der Waals surface area contributed by atoms with Crippen molar-refractivity contribution in [3.63, 3.8) is 0 Å². The number of guanidine groups is 1. The highest BCUT2D eigenvalue weighted by atomic mass is 33.1. The van der Waals surface area contributed by atoms with Crippen molar-refractivity contribution in [2.45, 2.75) is 125 Å². The van der Waals surface area contributed by atoms with Gasteiger partial charge in [0.15, 0.2) is 5.96 Å². The third-order valence-electron chi connectivity index (χ3n) is 13.9. The molecule has 1 fully saturated rings. The van der Waals surface area contributed by atoms with E-state index in [9.17, 15) is 48.6 Å². The number of carbonyl (C=O) groups is 9. The second kappa shape index (κ2) is 32.8. The van der Waals surface area contributed by atoms with Crippen LogP contribution in [0.4, 0.5) is 0 Å². The molecule has 1 heterocycles. The number of unbranched alkanes of at least 4 members (excludes halogenated alkanes) is 1. The molecule has 0 aliphatic carbocycles. The molecule has 0 radical (unpaired) electrons. The van der Waals surface area contributed by atoms with Crippen molar-refractivity contribution < 1.29 is 53.4 Å². The monoisotopic (exact) mass is 1200 g/mol. The highest BCUT2D eigenvalue weighted by Crippen LogP contribution is 2.39. The van der Waals surface area contributed by atoms with Gasteiger partial charge in [0, 0.05) is 29.4 Å². The maximum Gasteiger partial charge on any atom is 0.245 e. The Morgan fingerprint density at radius 1 is 0.738 bits per heavy atom. The number of fused-ring (bicyclic) bond motifs is 1. The molecule has 4 aromatic rings. The Bertz CT molecular complexity index is 2950. The number of hydrogen-bond acceptors (Lipinski definition) is 16. The van der Waals surface area contributed by atoms with Crippen molar-refractivity contribution in [1.82, 2.24) is 42.5 Å². The molecule has 9 amide bonds. The first kappa shape index (κ1) is 66.8. The number of nitrogens with zero attached hydrogens (tertiary/aromatic N) is 1. The summed E-state index contributed by atoms with van der Waals surface area (Å²) in [6.45, 7) is 3.62. The van der Waals surface area contributed by atoms with Crippen LogP contribution in [0.3, 0.4) is 0 Å². The van der Waals surface area contributed by atoms with Gasteiger partial charge in [-0.3, -0.25) is 48.1 Å².